The highest BCUT2D eigenvalue weighted by atomic mass is 19.2. The van der Waals surface area contributed by atoms with E-state index in [0.717, 1.165) is 6.54 Å². The Labute approximate surface area is 338 Å². The first-order valence-corrected chi connectivity index (χ1v) is 17.9. The quantitative estimate of drug-likeness (QED) is 0.0620. The molecule has 0 bridgehead atoms. The van der Waals surface area contributed by atoms with Gasteiger partial charge in [0.2, 0.25) is 0 Å². The standard InChI is InChI=1S/C24BF20.C16H27N/c26-5-1(6(27)14(35)21(42)13(5)34)25(2-7(28)15(36)22(43)16(37)8(2)29,3-9(30)17(38)23(44)18(39)10(3)31)4-11(32)19(40)24(45)20(41)12(4)33;1-6-9-15-10-7-8-11-16(15)12-17(13(2)3)14(4)5/h;7-8,10-11,13-14H,6,9,12H2,1-5H3/q-1;/p+1. The molecule has 5 rings (SSSR count). The van der Waals surface area contributed by atoms with Crippen molar-refractivity contribution in [2.75, 3.05) is 0 Å². The molecule has 0 radical (unpaired) electrons. The van der Waals surface area contributed by atoms with Gasteiger partial charge in [-0.2, -0.15) is 0 Å². The number of rotatable bonds is 10. The fourth-order valence-corrected chi connectivity index (χ4v) is 7.41. The molecule has 336 valence electrons. The lowest BCUT2D eigenvalue weighted by molar-refractivity contribution is -0.955. The molecule has 0 aromatic heterocycles. The smallest absolute Gasteiger partial charge is 0.200 e. The lowest BCUT2D eigenvalue weighted by Crippen LogP contribution is -3.16. The van der Waals surface area contributed by atoms with Crippen LogP contribution in [0.25, 0.3) is 0 Å². The normalized spacial score (nSPS) is 11.9. The zero-order valence-electron chi connectivity index (χ0n) is 32.2. The predicted octanol–water partition coefficient (Wildman–Crippen LogP) is 8.69. The van der Waals surface area contributed by atoms with Crippen molar-refractivity contribution in [3.63, 3.8) is 0 Å². The minimum Gasteiger partial charge on any atom is -0.327 e. The maximum Gasteiger partial charge on any atom is 0.200 e. The number of aryl methyl sites for hydroxylation is 1. The van der Waals surface area contributed by atoms with Crippen molar-refractivity contribution in [2.45, 2.75) is 66.1 Å². The number of hydrogen-bond donors (Lipinski definition) is 1. The van der Waals surface area contributed by atoms with Crippen LogP contribution in [0.2, 0.25) is 0 Å². The van der Waals surface area contributed by atoms with Crippen molar-refractivity contribution < 1.29 is 92.7 Å². The van der Waals surface area contributed by atoms with Gasteiger partial charge >= 0.3 is 0 Å². The summed E-state index contributed by atoms with van der Waals surface area (Å²) in [4.78, 5) is 1.67. The average molecular weight is 913 g/mol. The summed E-state index contributed by atoms with van der Waals surface area (Å²) >= 11 is 0. The molecule has 0 aliphatic carbocycles. The second kappa shape index (κ2) is 18.6. The second-order valence-corrected chi connectivity index (χ2v) is 14.4. The van der Waals surface area contributed by atoms with Gasteiger partial charge in [0.1, 0.15) is 59.2 Å². The molecule has 62 heavy (non-hydrogen) atoms. The Morgan fingerprint density at radius 2 is 0.565 bits per heavy atom. The summed E-state index contributed by atoms with van der Waals surface area (Å²) in [5.74, 6) is -71.4. The summed E-state index contributed by atoms with van der Waals surface area (Å²) in [6.07, 6.45) is -4.78. The third-order valence-electron chi connectivity index (χ3n) is 10.2. The fraction of sp³-hybridized carbons (Fsp3) is 0.250. The van der Waals surface area contributed by atoms with Gasteiger partial charge in [0.25, 0.3) is 0 Å². The van der Waals surface area contributed by atoms with E-state index in [9.17, 15) is 52.7 Å². The summed E-state index contributed by atoms with van der Waals surface area (Å²) in [5, 5.41) is 0. The van der Waals surface area contributed by atoms with E-state index >= 15 is 35.1 Å². The fourth-order valence-electron chi connectivity index (χ4n) is 7.41. The van der Waals surface area contributed by atoms with Gasteiger partial charge in [-0.3, -0.25) is 0 Å². The largest absolute Gasteiger partial charge is 0.327 e. The third-order valence-corrected chi connectivity index (χ3v) is 10.2. The molecule has 0 saturated heterocycles. The molecule has 0 unspecified atom stereocenters. The van der Waals surface area contributed by atoms with Crippen LogP contribution in [0.3, 0.4) is 0 Å². The van der Waals surface area contributed by atoms with Gasteiger partial charge in [-0.05, 0) is 39.7 Å². The molecule has 1 nitrogen and oxygen atoms in total. The third kappa shape index (κ3) is 7.98. The lowest BCUT2D eigenvalue weighted by atomic mass is 9.12. The molecule has 22 heteroatoms. The van der Waals surface area contributed by atoms with Gasteiger partial charge < -0.3 is 4.90 Å². The Kier molecular flexibility index (Phi) is 14.8. The van der Waals surface area contributed by atoms with Crippen LogP contribution in [0.15, 0.2) is 24.3 Å². The zero-order valence-corrected chi connectivity index (χ0v) is 32.2. The summed E-state index contributed by atoms with van der Waals surface area (Å²) in [7, 11) is 0. The van der Waals surface area contributed by atoms with Crippen LogP contribution in [-0.2, 0) is 13.0 Å². The molecule has 0 heterocycles. The maximum atomic E-state index is 15.4. The van der Waals surface area contributed by atoms with Crippen LogP contribution in [0.1, 0.15) is 52.2 Å². The summed E-state index contributed by atoms with van der Waals surface area (Å²) in [6, 6.07) is 10.3. The molecule has 5 aromatic rings. The first-order valence-electron chi connectivity index (χ1n) is 17.9. The molecule has 0 fully saturated rings. The molecular weight excluding hydrogens is 885 g/mol. The SMILES string of the molecule is CCCc1ccccc1C[NH+](C(C)C)C(C)C.Fc1c(F)c(F)c([B-](c2c(F)c(F)c(F)c(F)c2F)(c2c(F)c(F)c(F)c(F)c2F)c2c(F)c(F)c(F)c(F)c2F)c(F)c1F. The van der Waals surface area contributed by atoms with E-state index in [-0.39, 0.29) is 0 Å². The van der Waals surface area contributed by atoms with Crippen LogP contribution >= 0.6 is 0 Å². The van der Waals surface area contributed by atoms with Crippen LogP contribution in [0.5, 0.6) is 0 Å². The first kappa shape index (κ1) is 49.4. The summed E-state index contributed by atoms with van der Waals surface area (Å²) in [6.45, 7) is 12.7. The number of quaternary nitrogens is 1. The van der Waals surface area contributed by atoms with Gasteiger partial charge in [-0.25, -0.2) is 87.8 Å². The minimum atomic E-state index is -7.22. The number of benzene rings is 5. The summed E-state index contributed by atoms with van der Waals surface area (Å²) < 4.78 is 294. The number of nitrogens with one attached hydrogen (secondary N) is 1. The minimum absolute atomic E-state index is 0.685. The zero-order chi connectivity index (χ0) is 47.2. The molecule has 0 amide bonds. The first-order chi connectivity index (χ1) is 28.8. The van der Waals surface area contributed by atoms with E-state index in [1.54, 1.807) is 4.90 Å². The Bertz CT molecular complexity index is 2150. The molecule has 0 saturated carbocycles. The van der Waals surface area contributed by atoms with Crippen LogP contribution in [0, 0.1) is 116 Å². The van der Waals surface area contributed by atoms with Crippen molar-refractivity contribution in [3.8, 4) is 0 Å². The van der Waals surface area contributed by atoms with Crippen molar-refractivity contribution >= 4 is 28.0 Å². The van der Waals surface area contributed by atoms with Crippen LogP contribution in [-0.4, -0.2) is 18.2 Å². The molecule has 0 atom stereocenters. The van der Waals surface area contributed by atoms with Gasteiger partial charge in [0, 0.05) is 5.56 Å². The molecule has 5 aromatic carbocycles. The lowest BCUT2D eigenvalue weighted by Gasteiger charge is -2.44. The van der Waals surface area contributed by atoms with E-state index < -0.39 is 144 Å². The van der Waals surface area contributed by atoms with Crippen LogP contribution in [0.4, 0.5) is 87.8 Å². The molecule has 0 spiro atoms. The number of halogens is 20. The second-order valence-electron chi connectivity index (χ2n) is 14.4. The van der Waals surface area contributed by atoms with Gasteiger partial charge in [-0.15, -0.1) is 21.9 Å². The van der Waals surface area contributed by atoms with Gasteiger partial charge in [0.05, 0.1) is 12.1 Å². The number of hydrogen-bond acceptors (Lipinski definition) is 0. The van der Waals surface area contributed by atoms with E-state index in [4.69, 9.17) is 0 Å². The molecule has 0 aliphatic heterocycles. The monoisotopic (exact) mass is 913 g/mol. The Hall–Kier alpha value is -5.28. The van der Waals surface area contributed by atoms with Gasteiger partial charge in [0.15, 0.2) is 69.8 Å². The highest BCUT2D eigenvalue weighted by Gasteiger charge is 2.52. The maximum absolute atomic E-state index is 15.4. The van der Waals surface area contributed by atoms with E-state index in [2.05, 4.69) is 58.9 Å². The van der Waals surface area contributed by atoms with E-state index in [1.165, 1.54) is 24.0 Å². The Balaban J connectivity index is 0.000000416. The van der Waals surface area contributed by atoms with Crippen molar-refractivity contribution in [3.05, 3.63) is 152 Å². The average Bonchev–Trinajstić information content (AvgIpc) is 3.23. The van der Waals surface area contributed by atoms with Crippen molar-refractivity contribution in [2.24, 2.45) is 0 Å². The highest BCUT2D eigenvalue weighted by Crippen LogP contribution is 2.30. The molecule has 0 aliphatic rings. The molecular formula is C40H28BF20N. The van der Waals surface area contributed by atoms with Crippen LogP contribution < -0.4 is 26.8 Å². The van der Waals surface area contributed by atoms with E-state index in [1.807, 2.05) is 0 Å². The van der Waals surface area contributed by atoms with Gasteiger partial charge in [-0.1, -0.05) is 37.6 Å². The predicted molar refractivity (Wildman–Crippen MR) is 185 cm³/mol. The Morgan fingerprint density at radius 3 is 0.774 bits per heavy atom. The summed E-state index contributed by atoms with van der Waals surface area (Å²) in [5.41, 5.74) is -11.3. The Morgan fingerprint density at radius 1 is 0.355 bits per heavy atom. The highest BCUT2D eigenvalue weighted by molar-refractivity contribution is 7.20. The van der Waals surface area contributed by atoms with Crippen molar-refractivity contribution in [1.29, 1.82) is 0 Å². The van der Waals surface area contributed by atoms with Crippen molar-refractivity contribution in [1.82, 2.24) is 0 Å². The topological polar surface area (TPSA) is 4.44 Å². The molecule has 1 N–H and O–H groups in total. The van der Waals surface area contributed by atoms with E-state index in [0.29, 0.717) is 12.1 Å².